The number of hydrogen-bond donors (Lipinski definition) is 1. The Morgan fingerprint density at radius 2 is 2.06 bits per heavy atom. The number of rotatable bonds is 2. The van der Waals surface area contributed by atoms with Crippen molar-refractivity contribution < 1.29 is 4.74 Å². The zero-order chi connectivity index (χ0) is 12.6. The summed E-state index contributed by atoms with van der Waals surface area (Å²) >= 11 is 6.28. The molecule has 2 aromatic rings. The van der Waals surface area contributed by atoms with E-state index in [1.165, 1.54) is 0 Å². The van der Waals surface area contributed by atoms with E-state index >= 15 is 0 Å². The lowest BCUT2D eigenvalue weighted by Gasteiger charge is -2.10. The smallest absolute Gasteiger partial charge is 0.138 e. The van der Waals surface area contributed by atoms with E-state index in [9.17, 15) is 0 Å². The topological polar surface area (TPSA) is 53.1 Å². The third-order valence-corrected chi connectivity index (χ3v) is 3.07. The molecule has 0 aliphatic carbocycles. The van der Waals surface area contributed by atoms with Crippen molar-refractivity contribution in [3.63, 3.8) is 0 Å². The number of aryl methyl sites for hydroxylation is 2. The molecule has 0 unspecified atom stereocenters. The van der Waals surface area contributed by atoms with Gasteiger partial charge in [-0.15, -0.1) is 0 Å². The third-order valence-electron chi connectivity index (χ3n) is 2.68. The molecule has 2 N–H and O–H groups in total. The average molecular weight is 252 g/mol. The Hall–Kier alpha value is -1.68. The molecule has 0 atom stereocenters. The van der Waals surface area contributed by atoms with Crippen molar-refractivity contribution in [1.82, 2.24) is 9.78 Å². The van der Waals surface area contributed by atoms with Crippen LogP contribution in [-0.2, 0) is 7.05 Å². The Balaban J connectivity index is 2.67. The van der Waals surface area contributed by atoms with E-state index in [1.54, 1.807) is 25.0 Å². The van der Waals surface area contributed by atoms with Crippen molar-refractivity contribution in [3.8, 4) is 16.9 Å². The molecule has 0 aliphatic rings. The second kappa shape index (κ2) is 4.30. The van der Waals surface area contributed by atoms with E-state index in [0.717, 1.165) is 16.7 Å². The highest BCUT2D eigenvalue weighted by atomic mass is 35.5. The van der Waals surface area contributed by atoms with Gasteiger partial charge in [0.15, 0.2) is 0 Å². The maximum Gasteiger partial charge on any atom is 0.138 e. The average Bonchev–Trinajstić information content (AvgIpc) is 2.63. The van der Waals surface area contributed by atoms with E-state index < -0.39 is 0 Å². The zero-order valence-corrected chi connectivity index (χ0v) is 10.7. The number of halogens is 1. The number of aromatic nitrogens is 2. The van der Waals surface area contributed by atoms with Crippen molar-refractivity contribution in [2.24, 2.45) is 7.05 Å². The molecule has 0 spiro atoms. The predicted octanol–water partition coefficient (Wildman–Crippen LogP) is 2.64. The Morgan fingerprint density at radius 3 is 2.59 bits per heavy atom. The molecule has 0 saturated heterocycles. The summed E-state index contributed by atoms with van der Waals surface area (Å²) in [5, 5.41) is 4.66. The van der Waals surface area contributed by atoms with Gasteiger partial charge >= 0.3 is 0 Å². The van der Waals surface area contributed by atoms with Gasteiger partial charge in [0.05, 0.1) is 18.3 Å². The molecule has 0 bridgehead atoms. The molecule has 17 heavy (non-hydrogen) atoms. The molecule has 1 aromatic heterocycles. The van der Waals surface area contributed by atoms with Gasteiger partial charge in [-0.25, -0.2) is 0 Å². The molecule has 90 valence electrons. The van der Waals surface area contributed by atoms with Crippen LogP contribution < -0.4 is 10.5 Å². The fraction of sp³-hybridized carbons (Fsp3) is 0.250. The molecule has 0 fully saturated rings. The summed E-state index contributed by atoms with van der Waals surface area (Å²) in [6, 6.07) is 3.86. The van der Waals surface area contributed by atoms with Crippen molar-refractivity contribution >= 4 is 17.4 Å². The fourth-order valence-electron chi connectivity index (χ4n) is 1.73. The molecular formula is C12H14ClN3O. The van der Waals surface area contributed by atoms with Gasteiger partial charge in [-0.3, -0.25) is 4.68 Å². The summed E-state index contributed by atoms with van der Waals surface area (Å²) in [7, 11) is 3.39. The monoisotopic (exact) mass is 251 g/mol. The second-order valence-electron chi connectivity index (χ2n) is 3.90. The lowest BCUT2D eigenvalue weighted by atomic mass is 10.1. The molecule has 1 heterocycles. The van der Waals surface area contributed by atoms with Crippen LogP contribution in [0.5, 0.6) is 5.75 Å². The Kier molecular flexibility index (Phi) is 2.98. The molecule has 2 rings (SSSR count). The number of nitrogen functional groups attached to an aromatic ring is 1. The largest absolute Gasteiger partial charge is 0.495 e. The van der Waals surface area contributed by atoms with Gasteiger partial charge in [0, 0.05) is 18.2 Å². The predicted molar refractivity (Wildman–Crippen MR) is 69.4 cm³/mol. The van der Waals surface area contributed by atoms with Crippen LogP contribution in [0.25, 0.3) is 11.1 Å². The van der Waals surface area contributed by atoms with Crippen LogP contribution in [0.15, 0.2) is 18.3 Å². The summed E-state index contributed by atoms with van der Waals surface area (Å²) < 4.78 is 6.85. The molecule has 0 aliphatic heterocycles. The maximum absolute atomic E-state index is 6.28. The number of nitrogens with zero attached hydrogens (tertiary/aromatic N) is 2. The SMILES string of the molecule is COc1cc(C)cc(-c2cnn(C)c2N)c1Cl. The van der Waals surface area contributed by atoms with E-state index in [2.05, 4.69) is 5.10 Å². The van der Waals surface area contributed by atoms with Crippen LogP contribution in [0.4, 0.5) is 5.82 Å². The highest BCUT2D eigenvalue weighted by molar-refractivity contribution is 6.35. The van der Waals surface area contributed by atoms with Gasteiger partial charge < -0.3 is 10.5 Å². The minimum absolute atomic E-state index is 0.554. The van der Waals surface area contributed by atoms with Crippen LogP contribution in [0.2, 0.25) is 5.02 Å². The Labute approximate surface area is 105 Å². The number of hydrogen-bond acceptors (Lipinski definition) is 3. The van der Waals surface area contributed by atoms with Crippen molar-refractivity contribution in [2.75, 3.05) is 12.8 Å². The summed E-state index contributed by atoms with van der Waals surface area (Å²) in [6.07, 6.45) is 1.70. The first-order valence-electron chi connectivity index (χ1n) is 5.16. The first kappa shape index (κ1) is 11.8. The van der Waals surface area contributed by atoms with Crippen LogP contribution in [0.3, 0.4) is 0 Å². The number of methoxy groups -OCH3 is 1. The van der Waals surface area contributed by atoms with Crippen molar-refractivity contribution in [3.05, 3.63) is 28.9 Å². The van der Waals surface area contributed by atoms with Gasteiger partial charge in [0.2, 0.25) is 0 Å². The van der Waals surface area contributed by atoms with E-state index in [0.29, 0.717) is 16.6 Å². The van der Waals surface area contributed by atoms with E-state index in [1.807, 2.05) is 19.1 Å². The van der Waals surface area contributed by atoms with Crippen molar-refractivity contribution in [1.29, 1.82) is 0 Å². The number of anilines is 1. The quantitative estimate of drug-likeness (QED) is 0.893. The maximum atomic E-state index is 6.28. The van der Waals surface area contributed by atoms with Crippen LogP contribution in [-0.4, -0.2) is 16.9 Å². The molecule has 4 nitrogen and oxygen atoms in total. The number of nitrogens with two attached hydrogens (primary N) is 1. The Morgan fingerprint density at radius 1 is 1.35 bits per heavy atom. The lowest BCUT2D eigenvalue weighted by Crippen LogP contribution is -1.98. The molecule has 1 aromatic carbocycles. The van der Waals surface area contributed by atoms with Gasteiger partial charge in [0.1, 0.15) is 11.6 Å². The first-order valence-corrected chi connectivity index (χ1v) is 5.54. The highest BCUT2D eigenvalue weighted by Crippen LogP contribution is 2.38. The van der Waals surface area contributed by atoms with Gasteiger partial charge in [-0.1, -0.05) is 11.6 Å². The van der Waals surface area contributed by atoms with Crippen LogP contribution in [0.1, 0.15) is 5.56 Å². The molecular weight excluding hydrogens is 238 g/mol. The van der Waals surface area contributed by atoms with E-state index in [4.69, 9.17) is 22.1 Å². The molecule has 0 saturated carbocycles. The summed E-state index contributed by atoms with van der Waals surface area (Å²) in [4.78, 5) is 0. The van der Waals surface area contributed by atoms with Crippen LogP contribution >= 0.6 is 11.6 Å². The molecule has 5 heteroatoms. The summed E-state index contributed by atoms with van der Waals surface area (Å²) in [5.41, 5.74) is 8.67. The highest BCUT2D eigenvalue weighted by Gasteiger charge is 2.14. The molecule has 0 amide bonds. The standard InChI is InChI=1S/C12H14ClN3O/c1-7-4-8(11(13)10(5-7)17-3)9-6-15-16(2)12(9)14/h4-6H,14H2,1-3H3. The minimum atomic E-state index is 0.554. The third kappa shape index (κ3) is 1.96. The van der Waals surface area contributed by atoms with Gasteiger partial charge in [-0.2, -0.15) is 5.10 Å². The normalized spacial score (nSPS) is 10.6. The van der Waals surface area contributed by atoms with Crippen LogP contribution in [0, 0.1) is 6.92 Å². The zero-order valence-electron chi connectivity index (χ0n) is 9.99. The van der Waals surface area contributed by atoms with Gasteiger partial charge in [-0.05, 0) is 24.6 Å². The number of benzene rings is 1. The molecule has 0 radical (unpaired) electrons. The van der Waals surface area contributed by atoms with Crippen molar-refractivity contribution in [2.45, 2.75) is 6.92 Å². The lowest BCUT2D eigenvalue weighted by molar-refractivity contribution is 0.415. The first-order chi connectivity index (χ1) is 8.04. The van der Waals surface area contributed by atoms with Gasteiger partial charge in [0.25, 0.3) is 0 Å². The Bertz CT molecular complexity index is 563. The summed E-state index contributed by atoms with van der Waals surface area (Å²) in [6.45, 7) is 1.98. The second-order valence-corrected chi connectivity index (χ2v) is 4.27. The number of ether oxygens (including phenoxy) is 1. The summed E-state index contributed by atoms with van der Waals surface area (Å²) in [5.74, 6) is 1.23. The van der Waals surface area contributed by atoms with E-state index in [-0.39, 0.29) is 0 Å². The fourth-order valence-corrected chi connectivity index (χ4v) is 2.02. The minimum Gasteiger partial charge on any atom is -0.495 e.